The number of carboxylic acid groups (broad SMARTS) is 1. The van der Waals surface area contributed by atoms with Gasteiger partial charge in [-0.05, 0) is 53.6 Å². The SMILES string of the molecule is CCCc1c(OCCc2ncc3cc(CC(=O)O)ccc3n2)ccc2c(CC(C)(C)C)coc12. The van der Waals surface area contributed by atoms with E-state index >= 15 is 0 Å². The van der Waals surface area contributed by atoms with Gasteiger partial charge in [-0.25, -0.2) is 9.97 Å². The molecule has 4 aromatic rings. The Bertz CT molecular complexity index is 1320. The van der Waals surface area contributed by atoms with Gasteiger partial charge in [0.2, 0.25) is 0 Å². The Morgan fingerprint density at radius 3 is 2.71 bits per heavy atom. The summed E-state index contributed by atoms with van der Waals surface area (Å²) in [6.07, 6.45) is 7.06. The van der Waals surface area contributed by atoms with E-state index in [1.165, 1.54) is 10.9 Å². The molecule has 4 rings (SSSR count). The lowest BCUT2D eigenvalue weighted by atomic mass is 9.88. The predicted molar refractivity (Wildman–Crippen MR) is 133 cm³/mol. The Hall–Kier alpha value is -3.41. The van der Waals surface area contributed by atoms with Crippen LogP contribution in [0, 0.1) is 5.41 Å². The lowest BCUT2D eigenvalue weighted by Crippen LogP contribution is -2.08. The fraction of sp³-hybridized carbons (Fsp3) is 0.393. The molecule has 2 aromatic heterocycles. The molecule has 0 aliphatic carbocycles. The van der Waals surface area contributed by atoms with E-state index in [-0.39, 0.29) is 11.8 Å². The van der Waals surface area contributed by atoms with E-state index in [0.717, 1.165) is 52.6 Å². The van der Waals surface area contributed by atoms with E-state index in [1.54, 1.807) is 12.3 Å². The Morgan fingerprint density at radius 2 is 1.97 bits per heavy atom. The van der Waals surface area contributed by atoms with Gasteiger partial charge >= 0.3 is 5.97 Å². The number of aromatic nitrogens is 2. The molecule has 0 spiro atoms. The number of benzene rings is 2. The van der Waals surface area contributed by atoms with Gasteiger partial charge in [0.15, 0.2) is 0 Å². The number of hydrogen-bond acceptors (Lipinski definition) is 5. The number of rotatable bonds is 9. The number of hydrogen-bond donors (Lipinski definition) is 1. The molecule has 6 heteroatoms. The van der Waals surface area contributed by atoms with Crippen molar-refractivity contribution in [3.63, 3.8) is 0 Å². The Labute approximate surface area is 200 Å². The zero-order valence-corrected chi connectivity index (χ0v) is 20.4. The number of nitrogens with zero attached hydrogens (tertiary/aromatic N) is 2. The summed E-state index contributed by atoms with van der Waals surface area (Å²) in [6, 6.07) is 9.63. The molecule has 0 radical (unpaired) electrons. The molecule has 0 saturated heterocycles. The van der Waals surface area contributed by atoms with Crippen molar-refractivity contribution in [2.75, 3.05) is 6.61 Å². The molecular formula is C28H32N2O4. The quantitative estimate of drug-likeness (QED) is 0.322. The second-order valence-corrected chi connectivity index (χ2v) is 10.0. The van der Waals surface area contributed by atoms with E-state index in [2.05, 4.69) is 49.8 Å². The van der Waals surface area contributed by atoms with Gasteiger partial charge in [0.25, 0.3) is 0 Å². The maximum absolute atomic E-state index is 10.9. The van der Waals surface area contributed by atoms with Crippen LogP contribution in [0.2, 0.25) is 0 Å². The fourth-order valence-corrected chi connectivity index (χ4v) is 4.30. The van der Waals surface area contributed by atoms with Gasteiger partial charge in [-0.15, -0.1) is 0 Å². The maximum atomic E-state index is 10.9. The molecule has 0 atom stereocenters. The lowest BCUT2D eigenvalue weighted by molar-refractivity contribution is -0.136. The van der Waals surface area contributed by atoms with Gasteiger partial charge in [-0.3, -0.25) is 4.79 Å². The van der Waals surface area contributed by atoms with E-state index in [1.807, 2.05) is 18.4 Å². The highest BCUT2D eigenvalue weighted by molar-refractivity contribution is 5.86. The number of aliphatic carboxylic acids is 1. The summed E-state index contributed by atoms with van der Waals surface area (Å²) in [6.45, 7) is 9.33. The number of aryl methyl sites for hydroxylation is 1. The summed E-state index contributed by atoms with van der Waals surface area (Å²) in [4.78, 5) is 20.0. The molecule has 0 unspecified atom stereocenters. The van der Waals surface area contributed by atoms with Crippen molar-refractivity contribution < 1.29 is 19.1 Å². The van der Waals surface area contributed by atoms with Crippen molar-refractivity contribution in [3.05, 3.63) is 65.3 Å². The Morgan fingerprint density at radius 1 is 1.15 bits per heavy atom. The minimum atomic E-state index is -0.852. The molecule has 0 fully saturated rings. The summed E-state index contributed by atoms with van der Waals surface area (Å²) < 4.78 is 12.2. The highest BCUT2D eigenvalue weighted by Gasteiger charge is 2.19. The first-order valence-electron chi connectivity index (χ1n) is 11.8. The Balaban J connectivity index is 1.49. The van der Waals surface area contributed by atoms with Crippen LogP contribution >= 0.6 is 0 Å². The van der Waals surface area contributed by atoms with Gasteiger partial charge in [-0.2, -0.15) is 0 Å². The summed E-state index contributed by atoms with van der Waals surface area (Å²) in [5.74, 6) is 0.696. The maximum Gasteiger partial charge on any atom is 0.307 e. The van der Waals surface area contributed by atoms with Crippen LogP contribution < -0.4 is 4.74 Å². The smallest absolute Gasteiger partial charge is 0.307 e. The van der Waals surface area contributed by atoms with Gasteiger partial charge in [0.05, 0.1) is 24.8 Å². The van der Waals surface area contributed by atoms with Gasteiger partial charge in [0, 0.05) is 29.0 Å². The highest BCUT2D eigenvalue weighted by Crippen LogP contribution is 2.35. The second-order valence-electron chi connectivity index (χ2n) is 10.0. The third-order valence-electron chi connectivity index (χ3n) is 5.74. The largest absolute Gasteiger partial charge is 0.493 e. The summed E-state index contributed by atoms with van der Waals surface area (Å²) in [7, 11) is 0. The minimum absolute atomic E-state index is 0.0106. The molecule has 0 aliphatic rings. The number of carbonyl (C=O) groups is 1. The third kappa shape index (κ3) is 5.56. The molecule has 2 aromatic carbocycles. The van der Waals surface area contributed by atoms with Crippen LogP contribution in [0.25, 0.3) is 21.9 Å². The van der Waals surface area contributed by atoms with Crippen molar-refractivity contribution in [3.8, 4) is 5.75 Å². The van der Waals surface area contributed by atoms with Gasteiger partial charge < -0.3 is 14.3 Å². The van der Waals surface area contributed by atoms with Crippen molar-refractivity contribution in [1.29, 1.82) is 0 Å². The predicted octanol–water partition coefficient (Wildman–Crippen LogP) is 6.17. The summed E-state index contributed by atoms with van der Waals surface area (Å²) in [5.41, 5.74) is 5.01. The van der Waals surface area contributed by atoms with Gasteiger partial charge in [-0.1, -0.05) is 40.2 Å². The molecule has 178 valence electrons. The van der Waals surface area contributed by atoms with Crippen LogP contribution in [-0.4, -0.2) is 27.7 Å². The zero-order chi connectivity index (χ0) is 24.3. The minimum Gasteiger partial charge on any atom is -0.493 e. The van der Waals surface area contributed by atoms with Crippen molar-refractivity contribution >= 4 is 27.8 Å². The lowest BCUT2D eigenvalue weighted by Gasteiger charge is -2.17. The first-order valence-corrected chi connectivity index (χ1v) is 11.8. The fourth-order valence-electron chi connectivity index (χ4n) is 4.30. The second kappa shape index (κ2) is 9.84. The van der Waals surface area contributed by atoms with Crippen LogP contribution in [0.5, 0.6) is 5.75 Å². The van der Waals surface area contributed by atoms with Crippen molar-refractivity contribution in [2.24, 2.45) is 5.41 Å². The Kier molecular flexibility index (Phi) is 6.87. The summed E-state index contributed by atoms with van der Waals surface area (Å²) >= 11 is 0. The number of furan rings is 1. The van der Waals surface area contributed by atoms with Gasteiger partial charge in [0.1, 0.15) is 17.2 Å². The monoisotopic (exact) mass is 460 g/mol. The van der Waals surface area contributed by atoms with Crippen molar-refractivity contribution in [1.82, 2.24) is 9.97 Å². The first-order chi connectivity index (χ1) is 16.2. The van der Waals surface area contributed by atoms with E-state index in [0.29, 0.717) is 18.9 Å². The molecule has 0 saturated carbocycles. The molecule has 34 heavy (non-hydrogen) atoms. The van der Waals surface area contributed by atoms with E-state index in [4.69, 9.17) is 14.3 Å². The first kappa shape index (κ1) is 23.7. The average molecular weight is 461 g/mol. The molecule has 2 heterocycles. The highest BCUT2D eigenvalue weighted by atomic mass is 16.5. The van der Waals surface area contributed by atoms with E-state index < -0.39 is 5.97 Å². The van der Waals surface area contributed by atoms with Crippen LogP contribution in [0.3, 0.4) is 0 Å². The number of ether oxygens (including phenoxy) is 1. The van der Waals surface area contributed by atoms with E-state index in [9.17, 15) is 4.79 Å². The third-order valence-corrected chi connectivity index (χ3v) is 5.74. The zero-order valence-electron chi connectivity index (χ0n) is 20.4. The van der Waals surface area contributed by atoms with Crippen molar-refractivity contribution in [2.45, 2.75) is 59.8 Å². The van der Waals surface area contributed by atoms with Crippen LogP contribution in [0.15, 0.2) is 47.2 Å². The van der Waals surface area contributed by atoms with Crippen LogP contribution in [0.1, 0.15) is 56.6 Å². The number of fused-ring (bicyclic) bond motifs is 2. The molecule has 0 amide bonds. The normalized spacial score (nSPS) is 11.9. The molecule has 6 nitrogen and oxygen atoms in total. The molecule has 0 aliphatic heterocycles. The molecular weight excluding hydrogens is 428 g/mol. The molecule has 1 N–H and O–H groups in total. The molecule has 0 bridgehead atoms. The van der Waals surface area contributed by atoms with Crippen LogP contribution in [-0.2, 0) is 30.5 Å². The number of carboxylic acids is 1. The average Bonchev–Trinajstić information content (AvgIpc) is 3.16. The topological polar surface area (TPSA) is 85.5 Å². The standard InChI is InChI=1S/C28H32N2O4/c1-5-6-22-24(10-8-21-20(15-28(2,3)4)17-34-27(21)22)33-12-11-25-29-16-19-13-18(14-26(31)32)7-9-23(19)30-25/h7-10,13,16-17H,5-6,11-12,14-15H2,1-4H3,(H,31,32). The summed E-state index contributed by atoms with van der Waals surface area (Å²) in [5, 5.41) is 11.0. The van der Waals surface area contributed by atoms with Crippen LogP contribution in [0.4, 0.5) is 0 Å².